The topological polar surface area (TPSA) is 76.9 Å². The minimum absolute atomic E-state index is 0.0358. The lowest BCUT2D eigenvalue weighted by Gasteiger charge is -2.35. The van der Waals surface area contributed by atoms with Crippen molar-refractivity contribution in [1.82, 2.24) is 19.6 Å². The van der Waals surface area contributed by atoms with Gasteiger partial charge in [0.15, 0.2) is 11.9 Å². The standard InChI is InChI=1S/C25H28N4O4/c1-19(24(30)28-15-13-27(14-16-28)17-20-9-5-3-6-10-20)33-25(31)23-22(32-2)18-29(26-23)21-11-7-4-8-12-21/h3-12,18-19H,13-17H2,1-2H3/t19-/m1/s1. The van der Waals surface area contributed by atoms with Gasteiger partial charge in [0, 0.05) is 32.7 Å². The molecule has 2 heterocycles. The van der Waals surface area contributed by atoms with Gasteiger partial charge in [-0.25, -0.2) is 9.48 Å². The number of nitrogens with zero attached hydrogens (tertiary/aromatic N) is 4. The van der Waals surface area contributed by atoms with Gasteiger partial charge in [0.05, 0.1) is 19.0 Å². The van der Waals surface area contributed by atoms with Crippen molar-refractivity contribution < 1.29 is 19.1 Å². The molecule has 1 aromatic heterocycles. The monoisotopic (exact) mass is 448 g/mol. The Morgan fingerprint density at radius 2 is 1.61 bits per heavy atom. The molecule has 3 aromatic rings. The molecule has 1 fully saturated rings. The van der Waals surface area contributed by atoms with Crippen molar-refractivity contribution in [3.05, 3.63) is 78.1 Å². The van der Waals surface area contributed by atoms with Crippen LogP contribution in [0.25, 0.3) is 5.69 Å². The maximum atomic E-state index is 12.9. The van der Waals surface area contributed by atoms with E-state index in [9.17, 15) is 9.59 Å². The molecule has 8 nitrogen and oxygen atoms in total. The highest BCUT2D eigenvalue weighted by atomic mass is 16.6. The second kappa shape index (κ2) is 10.3. The van der Waals surface area contributed by atoms with Gasteiger partial charge in [-0.05, 0) is 24.6 Å². The molecule has 2 aromatic carbocycles. The lowest BCUT2D eigenvalue weighted by molar-refractivity contribution is -0.141. The predicted octanol–water partition coefficient (Wildman–Crippen LogP) is 2.77. The largest absolute Gasteiger partial charge is 0.493 e. The molecule has 1 amide bonds. The average molecular weight is 449 g/mol. The first-order valence-electron chi connectivity index (χ1n) is 11.0. The lowest BCUT2D eigenvalue weighted by atomic mass is 10.2. The van der Waals surface area contributed by atoms with Gasteiger partial charge in [-0.2, -0.15) is 5.10 Å². The molecule has 0 N–H and O–H groups in total. The van der Waals surface area contributed by atoms with Gasteiger partial charge in [-0.1, -0.05) is 48.5 Å². The van der Waals surface area contributed by atoms with Crippen LogP contribution in [0.1, 0.15) is 23.0 Å². The summed E-state index contributed by atoms with van der Waals surface area (Å²) in [6, 6.07) is 19.7. The number of carbonyl (C=O) groups is 2. The highest BCUT2D eigenvalue weighted by molar-refractivity contribution is 5.93. The van der Waals surface area contributed by atoms with Crippen molar-refractivity contribution >= 4 is 11.9 Å². The second-order valence-electron chi connectivity index (χ2n) is 7.96. The number of methoxy groups -OCH3 is 1. The zero-order valence-electron chi connectivity index (χ0n) is 18.9. The van der Waals surface area contributed by atoms with Crippen molar-refractivity contribution in [3.63, 3.8) is 0 Å². The summed E-state index contributed by atoms with van der Waals surface area (Å²) in [5, 5.41) is 4.31. The molecule has 0 aliphatic carbocycles. The molecule has 8 heteroatoms. The SMILES string of the molecule is COc1cn(-c2ccccc2)nc1C(=O)O[C@H](C)C(=O)N1CCN(Cc2ccccc2)CC1. The summed E-state index contributed by atoms with van der Waals surface area (Å²) in [5.41, 5.74) is 2.07. The Morgan fingerprint density at radius 1 is 0.970 bits per heavy atom. The quantitative estimate of drug-likeness (QED) is 0.518. The van der Waals surface area contributed by atoms with Crippen LogP contribution in [-0.4, -0.2) is 70.8 Å². The van der Waals surface area contributed by atoms with Crippen LogP contribution in [0.3, 0.4) is 0 Å². The molecule has 1 aliphatic rings. The van der Waals surface area contributed by atoms with E-state index in [0.29, 0.717) is 13.1 Å². The number of hydrogen-bond donors (Lipinski definition) is 0. The number of carbonyl (C=O) groups excluding carboxylic acids is 2. The maximum Gasteiger partial charge on any atom is 0.363 e. The molecule has 33 heavy (non-hydrogen) atoms. The van der Waals surface area contributed by atoms with Crippen molar-refractivity contribution in [2.24, 2.45) is 0 Å². The van der Waals surface area contributed by atoms with E-state index in [1.54, 1.807) is 22.7 Å². The number of aromatic nitrogens is 2. The van der Waals surface area contributed by atoms with Crippen LogP contribution in [0.5, 0.6) is 5.75 Å². The summed E-state index contributed by atoms with van der Waals surface area (Å²) in [6.45, 7) is 5.20. The van der Waals surface area contributed by atoms with Gasteiger partial charge in [-0.15, -0.1) is 0 Å². The zero-order valence-corrected chi connectivity index (χ0v) is 18.9. The Kier molecular flexibility index (Phi) is 7.04. The summed E-state index contributed by atoms with van der Waals surface area (Å²) >= 11 is 0. The molecule has 0 bridgehead atoms. The first-order valence-corrected chi connectivity index (χ1v) is 11.0. The van der Waals surface area contributed by atoms with Gasteiger partial charge in [-0.3, -0.25) is 9.69 Å². The molecule has 4 rings (SSSR count). The molecule has 1 saturated heterocycles. The van der Waals surface area contributed by atoms with Gasteiger partial charge in [0.25, 0.3) is 5.91 Å². The smallest absolute Gasteiger partial charge is 0.363 e. The third-order valence-electron chi connectivity index (χ3n) is 5.68. The molecule has 0 unspecified atom stereocenters. The van der Waals surface area contributed by atoms with Crippen LogP contribution in [0, 0.1) is 0 Å². The van der Waals surface area contributed by atoms with Crippen LogP contribution < -0.4 is 4.74 Å². The zero-order chi connectivity index (χ0) is 23.2. The van der Waals surface area contributed by atoms with Crippen LogP contribution in [0.4, 0.5) is 0 Å². The van der Waals surface area contributed by atoms with Crippen molar-refractivity contribution in [1.29, 1.82) is 0 Å². The third-order valence-corrected chi connectivity index (χ3v) is 5.68. The molecular formula is C25H28N4O4. The fourth-order valence-electron chi connectivity index (χ4n) is 3.85. The maximum absolute atomic E-state index is 12.9. The predicted molar refractivity (Wildman–Crippen MR) is 123 cm³/mol. The highest BCUT2D eigenvalue weighted by Crippen LogP contribution is 2.21. The number of rotatable bonds is 7. The van der Waals surface area contributed by atoms with Crippen LogP contribution in [0.2, 0.25) is 0 Å². The summed E-state index contributed by atoms with van der Waals surface area (Å²) in [4.78, 5) is 29.7. The van der Waals surface area contributed by atoms with Crippen molar-refractivity contribution in [2.75, 3.05) is 33.3 Å². The number of esters is 1. The Balaban J connectivity index is 1.33. The van der Waals surface area contributed by atoms with Gasteiger partial charge < -0.3 is 14.4 Å². The number of benzene rings is 2. The summed E-state index contributed by atoms with van der Waals surface area (Å²) in [5.74, 6) is -0.604. The fraction of sp³-hybridized carbons (Fsp3) is 0.320. The fourth-order valence-corrected chi connectivity index (χ4v) is 3.85. The van der Waals surface area contributed by atoms with E-state index in [-0.39, 0.29) is 17.4 Å². The van der Waals surface area contributed by atoms with E-state index >= 15 is 0 Å². The minimum Gasteiger partial charge on any atom is -0.493 e. The first kappa shape index (κ1) is 22.5. The van der Waals surface area contributed by atoms with Crippen LogP contribution in [-0.2, 0) is 16.1 Å². The molecule has 1 aliphatic heterocycles. The summed E-state index contributed by atoms with van der Waals surface area (Å²) < 4.78 is 12.3. The van der Waals surface area contributed by atoms with E-state index in [1.165, 1.54) is 12.7 Å². The Bertz CT molecular complexity index is 1080. The molecule has 172 valence electrons. The molecule has 1 atom stereocenters. The van der Waals surface area contributed by atoms with Crippen LogP contribution >= 0.6 is 0 Å². The molecule has 0 spiro atoms. The normalized spacial score (nSPS) is 15.2. The number of ether oxygens (including phenoxy) is 2. The van der Waals surface area contributed by atoms with Gasteiger partial charge >= 0.3 is 5.97 Å². The number of para-hydroxylation sites is 1. The van der Waals surface area contributed by atoms with Crippen molar-refractivity contribution in [3.8, 4) is 11.4 Å². The van der Waals surface area contributed by atoms with E-state index < -0.39 is 12.1 Å². The Hall–Kier alpha value is -3.65. The van der Waals surface area contributed by atoms with Crippen molar-refractivity contribution in [2.45, 2.75) is 19.6 Å². The Labute approximate surface area is 193 Å². The van der Waals surface area contributed by atoms with E-state index in [2.05, 4.69) is 22.1 Å². The molecule has 0 radical (unpaired) electrons. The first-order chi connectivity index (χ1) is 16.0. The summed E-state index contributed by atoms with van der Waals surface area (Å²) in [7, 11) is 1.46. The Morgan fingerprint density at radius 3 is 2.24 bits per heavy atom. The minimum atomic E-state index is -0.912. The van der Waals surface area contributed by atoms with E-state index in [0.717, 1.165) is 25.3 Å². The lowest BCUT2D eigenvalue weighted by Crippen LogP contribution is -2.51. The molecular weight excluding hydrogens is 420 g/mol. The van der Waals surface area contributed by atoms with Gasteiger partial charge in [0.2, 0.25) is 5.69 Å². The van der Waals surface area contributed by atoms with Gasteiger partial charge in [0.1, 0.15) is 0 Å². The number of piperazine rings is 1. The highest BCUT2D eigenvalue weighted by Gasteiger charge is 2.29. The third kappa shape index (κ3) is 5.40. The van der Waals surface area contributed by atoms with E-state index in [4.69, 9.17) is 9.47 Å². The average Bonchev–Trinajstić information content (AvgIpc) is 3.30. The molecule has 0 saturated carbocycles. The number of hydrogen-bond acceptors (Lipinski definition) is 6. The summed E-state index contributed by atoms with van der Waals surface area (Å²) in [6.07, 6.45) is 0.703. The number of amides is 1. The second-order valence-corrected chi connectivity index (χ2v) is 7.96. The van der Waals surface area contributed by atoms with E-state index in [1.807, 2.05) is 48.5 Å². The van der Waals surface area contributed by atoms with Crippen LogP contribution in [0.15, 0.2) is 66.9 Å².